The standard InChI is InChI=1S/C14H11BrClFO/c1-9-2-4-11(17)7-14(9)18-13-5-3-10(8-15)6-12(13)16/h2-7H,8H2,1H3. The van der Waals surface area contributed by atoms with Gasteiger partial charge in [-0.3, -0.25) is 0 Å². The number of hydrogen-bond acceptors (Lipinski definition) is 1. The quantitative estimate of drug-likeness (QED) is 0.678. The van der Waals surface area contributed by atoms with E-state index in [1.165, 1.54) is 12.1 Å². The summed E-state index contributed by atoms with van der Waals surface area (Å²) in [5.41, 5.74) is 1.92. The van der Waals surface area contributed by atoms with E-state index in [0.29, 0.717) is 16.5 Å². The molecule has 0 amide bonds. The summed E-state index contributed by atoms with van der Waals surface area (Å²) in [6, 6.07) is 9.93. The number of alkyl halides is 1. The first-order valence-corrected chi connectivity index (χ1v) is 6.88. The van der Waals surface area contributed by atoms with Gasteiger partial charge in [0.25, 0.3) is 0 Å². The zero-order chi connectivity index (χ0) is 13.1. The number of hydrogen-bond donors (Lipinski definition) is 0. The number of halogens is 3. The van der Waals surface area contributed by atoms with Crippen molar-refractivity contribution in [2.24, 2.45) is 0 Å². The highest BCUT2D eigenvalue weighted by atomic mass is 79.9. The number of ether oxygens (including phenoxy) is 1. The summed E-state index contributed by atoms with van der Waals surface area (Å²) < 4.78 is 18.8. The van der Waals surface area contributed by atoms with E-state index in [9.17, 15) is 4.39 Å². The molecule has 0 saturated carbocycles. The van der Waals surface area contributed by atoms with Gasteiger partial charge in [-0.1, -0.05) is 39.7 Å². The minimum Gasteiger partial charge on any atom is -0.455 e. The second kappa shape index (κ2) is 5.72. The summed E-state index contributed by atoms with van der Waals surface area (Å²) in [4.78, 5) is 0. The Hall–Kier alpha value is -1.06. The molecule has 4 heteroatoms. The zero-order valence-electron chi connectivity index (χ0n) is 9.71. The Morgan fingerprint density at radius 2 is 1.94 bits per heavy atom. The van der Waals surface area contributed by atoms with E-state index < -0.39 is 0 Å². The van der Waals surface area contributed by atoms with E-state index in [0.717, 1.165) is 16.5 Å². The van der Waals surface area contributed by atoms with Gasteiger partial charge in [0.05, 0.1) is 5.02 Å². The van der Waals surface area contributed by atoms with E-state index >= 15 is 0 Å². The highest BCUT2D eigenvalue weighted by Crippen LogP contribution is 2.32. The molecule has 0 fully saturated rings. The van der Waals surface area contributed by atoms with Crippen molar-refractivity contribution in [3.63, 3.8) is 0 Å². The Balaban J connectivity index is 2.31. The predicted octanol–water partition coefficient (Wildman–Crippen LogP) is 5.47. The lowest BCUT2D eigenvalue weighted by atomic mass is 10.2. The first-order valence-electron chi connectivity index (χ1n) is 5.38. The van der Waals surface area contributed by atoms with Crippen LogP contribution < -0.4 is 4.74 Å². The fraction of sp³-hybridized carbons (Fsp3) is 0.143. The summed E-state index contributed by atoms with van der Waals surface area (Å²) in [7, 11) is 0. The molecule has 2 aromatic carbocycles. The van der Waals surface area contributed by atoms with Gasteiger partial charge in [-0.2, -0.15) is 0 Å². The van der Waals surface area contributed by atoms with Crippen LogP contribution in [-0.4, -0.2) is 0 Å². The van der Waals surface area contributed by atoms with Gasteiger partial charge < -0.3 is 4.74 Å². The maximum Gasteiger partial charge on any atom is 0.146 e. The monoisotopic (exact) mass is 328 g/mol. The van der Waals surface area contributed by atoms with Crippen LogP contribution in [0.1, 0.15) is 11.1 Å². The fourth-order valence-electron chi connectivity index (χ4n) is 1.51. The van der Waals surface area contributed by atoms with Crippen molar-refractivity contribution in [2.75, 3.05) is 0 Å². The van der Waals surface area contributed by atoms with Gasteiger partial charge in [-0.05, 0) is 36.2 Å². The van der Waals surface area contributed by atoms with Crippen LogP contribution in [0.15, 0.2) is 36.4 Å². The molecule has 0 aliphatic rings. The lowest BCUT2D eigenvalue weighted by Crippen LogP contribution is -1.90. The molecule has 0 heterocycles. The molecule has 0 atom stereocenters. The van der Waals surface area contributed by atoms with Crippen molar-refractivity contribution in [3.8, 4) is 11.5 Å². The van der Waals surface area contributed by atoms with Crippen molar-refractivity contribution in [3.05, 3.63) is 58.4 Å². The number of aryl methyl sites for hydroxylation is 1. The largest absolute Gasteiger partial charge is 0.455 e. The highest BCUT2D eigenvalue weighted by molar-refractivity contribution is 9.08. The Labute approximate surface area is 119 Å². The summed E-state index contributed by atoms with van der Waals surface area (Å²) in [6.45, 7) is 1.86. The highest BCUT2D eigenvalue weighted by Gasteiger charge is 2.07. The molecule has 2 aromatic rings. The summed E-state index contributed by atoms with van der Waals surface area (Å²) in [5.74, 6) is 0.669. The van der Waals surface area contributed by atoms with Crippen LogP contribution in [-0.2, 0) is 5.33 Å². The molecular formula is C14H11BrClFO. The molecule has 0 saturated heterocycles. The smallest absolute Gasteiger partial charge is 0.146 e. The molecule has 94 valence electrons. The van der Waals surface area contributed by atoms with Gasteiger partial charge in [0, 0.05) is 11.4 Å². The third kappa shape index (κ3) is 3.03. The van der Waals surface area contributed by atoms with Gasteiger partial charge in [0.2, 0.25) is 0 Å². The van der Waals surface area contributed by atoms with Crippen molar-refractivity contribution >= 4 is 27.5 Å². The Morgan fingerprint density at radius 1 is 1.17 bits per heavy atom. The minimum absolute atomic E-state index is 0.330. The molecule has 0 aromatic heterocycles. The van der Waals surface area contributed by atoms with E-state index in [-0.39, 0.29) is 5.82 Å². The van der Waals surface area contributed by atoms with E-state index in [4.69, 9.17) is 16.3 Å². The van der Waals surface area contributed by atoms with Crippen LogP contribution in [0.4, 0.5) is 4.39 Å². The number of rotatable bonds is 3. The van der Waals surface area contributed by atoms with E-state index in [1.807, 2.05) is 19.1 Å². The van der Waals surface area contributed by atoms with Gasteiger partial charge in [0.1, 0.15) is 17.3 Å². The molecule has 0 unspecified atom stereocenters. The Kier molecular flexibility index (Phi) is 4.25. The Bertz CT molecular complexity index is 572. The van der Waals surface area contributed by atoms with Crippen molar-refractivity contribution in [2.45, 2.75) is 12.3 Å². The summed E-state index contributed by atoms with van der Waals surface area (Å²) in [6.07, 6.45) is 0. The molecule has 18 heavy (non-hydrogen) atoms. The molecule has 2 rings (SSSR count). The van der Waals surface area contributed by atoms with Gasteiger partial charge in [-0.15, -0.1) is 0 Å². The van der Waals surface area contributed by atoms with Crippen molar-refractivity contribution in [1.29, 1.82) is 0 Å². The van der Waals surface area contributed by atoms with Crippen LogP contribution >= 0.6 is 27.5 Å². The maximum atomic E-state index is 13.1. The zero-order valence-corrected chi connectivity index (χ0v) is 12.1. The first-order chi connectivity index (χ1) is 8.60. The summed E-state index contributed by atoms with van der Waals surface area (Å²) in [5, 5.41) is 1.24. The molecule has 0 radical (unpaired) electrons. The van der Waals surface area contributed by atoms with Crippen molar-refractivity contribution in [1.82, 2.24) is 0 Å². The lowest BCUT2D eigenvalue weighted by molar-refractivity contribution is 0.473. The molecular weight excluding hydrogens is 319 g/mol. The third-order valence-electron chi connectivity index (χ3n) is 2.52. The van der Waals surface area contributed by atoms with Crippen LogP contribution in [0.5, 0.6) is 11.5 Å². The average Bonchev–Trinajstić information content (AvgIpc) is 2.36. The van der Waals surface area contributed by atoms with Gasteiger partial charge in [-0.25, -0.2) is 4.39 Å². The van der Waals surface area contributed by atoms with Crippen LogP contribution in [0.3, 0.4) is 0 Å². The number of benzene rings is 2. The molecule has 0 aliphatic heterocycles. The molecule has 1 nitrogen and oxygen atoms in total. The average molecular weight is 330 g/mol. The molecule has 0 aliphatic carbocycles. The fourth-order valence-corrected chi connectivity index (χ4v) is 2.10. The molecule has 0 bridgehead atoms. The van der Waals surface area contributed by atoms with Gasteiger partial charge >= 0.3 is 0 Å². The predicted molar refractivity (Wildman–Crippen MR) is 75.3 cm³/mol. The van der Waals surface area contributed by atoms with Gasteiger partial charge in [0.15, 0.2) is 0 Å². The SMILES string of the molecule is Cc1ccc(F)cc1Oc1ccc(CBr)cc1Cl. The second-order valence-corrected chi connectivity index (χ2v) is 4.88. The van der Waals surface area contributed by atoms with E-state index in [1.54, 1.807) is 12.1 Å². The van der Waals surface area contributed by atoms with Crippen LogP contribution in [0.25, 0.3) is 0 Å². The second-order valence-electron chi connectivity index (χ2n) is 3.91. The topological polar surface area (TPSA) is 9.23 Å². The molecule has 0 spiro atoms. The first kappa shape index (κ1) is 13.4. The van der Waals surface area contributed by atoms with E-state index in [2.05, 4.69) is 15.9 Å². The summed E-state index contributed by atoms with van der Waals surface area (Å²) >= 11 is 9.47. The normalized spacial score (nSPS) is 10.4. The van der Waals surface area contributed by atoms with Crippen LogP contribution in [0.2, 0.25) is 5.02 Å². The Morgan fingerprint density at radius 3 is 2.61 bits per heavy atom. The van der Waals surface area contributed by atoms with Crippen molar-refractivity contribution < 1.29 is 9.13 Å². The maximum absolute atomic E-state index is 13.1. The van der Waals surface area contributed by atoms with Crippen LogP contribution in [0, 0.1) is 12.7 Å². The lowest BCUT2D eigenvalue weighted by Gasteiger charge is -2.10. The molecule has 0 N–H and O–H groups in total. The minimum atomic E-state index is -0.330. The third-order valence-corrected chi connectivity index (χ3v) is 3.46.